The second kappa shape index (κ2) is 9.84. The van der Waals surface area contributed by atoms with Crippen LogP contribution in [0.1, 0.15) is 31.2 Å². The van der Waals surface area contributed by atoms with Crippen molar-refractivity contribution in [1.82, 2.24) is 0 Å². The minimum Gasteiger partial charge on any atom is -0.479 e. The fraction of sp³-hybridized carbons (Fsp3) is 0.273. The molecule has 3 rings (SSSR count). The molecule has 0 radical (unpaired) electrons. The number of para-hydroxylation sites is 1. The van der Waals surface area contributed by atoms with Gasteiger partial charge in [0.1, 0.15) is 11.8 Å². The Balaban J connectivity index is 1.59. The number of hydrogen-bond acceptors (Lipinski definition) is 4. The second-order valence-corrected chi connectivity index (χ2v) is 7.70. The van der Waals surface area contributed by atoms with Crippen molar-refractivity contribution < 1.29 is 9.53 Å². The molecule has 0 bridgehead atoms. The SMILES string of the molecule is N#CCOc1ccc(/C=C/C(=O)Nc2ccccc2SC2CCCC2)cc1. The molecule has 1 N–H and O–H groups in total. The molecule has 27 heavy (non-hydrogen) atoms. The van der Waals surface area contributed by atoms with Crippen molar-refractivity contribution in [3.8, 4) is 11.8 Å². The minimum atomic E-state index is -0.153. The molecule has 0 atom stereocenters. The highest BCUT2D eigenvalue weighted by atomic mass is 32.2. The summed E-state index contributed by atoms with van der Waals surface area (Å²) in [5, 5.41) is 12.2. The van der Waals surface area contributed by atoms with Gasteiger partial charge in [0.2, 0.25) is 5.91 Å². The molecule has 1 amide bonds. The van der Waals surface area contributed by atoms with Crippen LogP contribution in [0.3, 0.4) is 0 Å². The maximum absolute atomic E-state index is 12.3. The van der Waals surface area contributed by atoms with E-state index in [1.165, 1.54) is 31.8 Å². The first-order valence-corrected chi connectivity index (χ1v) is 9.97. The van der Waals surface area contributed by atoms with E-state index < -0.39 is 0 Å². The number of nitrogens with zero attached hydrogens (tertiary/aromatic N) is 1. The molecule has 0 aromatic heterocycles. The van der Waals surface area contributed by atoms with E-state index >= 15 is 0 Å². The lowest BCUT2D eigenvalue weighted by molar-refractivity contribution is -0.111. The lowest BCUT2D eigenvalue weighted by atomic mass is 10.2. The summed E-state index contributed by atoms with van der Waals surface area (Å²) >= 11 is 1.87. The number of ether oxygens (including phenoxy) is 1. The fourth-order valence-electron chi connectivity index (χ4n) is 3.00. The molecule has 5 heteroatoms. The maximum atomic E-state index is 12.3. The van der Waals surface area contributed by atoms with E-state index in [2.05, 4.69) is 11.4 Å². The van der Waals surface area contributed by atoms with E-state index in [0.717, 1.165) is 16.1 Å². The first-order chi connectivity index (χ1) is 13.2. The Bertz CT molecular complexity index is 834. The Morgan fingerprint density at radius 3 is 2.67 bits per heavy atom. The molecule has 1 aliphatic rings. The smallest absolute Gasteiger partial charge is 0.248 e. The molecular weight excluding hydrogens is 356 g/mol. The van der Waals surface area contributed by atoms with Crippen molar-refractivity contribution in [2.75, 3.05) is 11.9 Å². The topological polar surface area (TPSA) is 62.1 Å². The summed E-state index contributed by atoms with van der Waals surface area (Å²) < 4.78 is 5.22. The zero-order chi connectivity index (χ0) is 18.9. The van der Waals surface area contributed by atoms with Gasteiger partial charge in [-0.2, -0.15) is 5.26 Å². The molecule has 0 unspecified atom stereocenters. The third kappa shape index (κ3) is 5.90. The summed E-state index contributed by atoms with van der Waals surface area (Å²) in [5.74, 6) is 0.482. The molecule has 2 aromatic carbocycles. The van der Waals surface area contributed by atoms with E-state index in [1.54, 1.807) is 18.2 Å². The molecule has 1 fully saturated rings. The Labute approximate surface area is 164 Å². The van der Waals surface area contributed by atoms with Gasteiger partial charge in [-0.3, -0.25) is 4.79 Å². The van der Waals surface area contributed by atoms with Gasteiger partial charge >= 0.3 is 0 Å². The summed E-state index contributed by atoms with van der Waals surface area (Å²) in [5.41, 5.74) is 1.76. The number of carbonyl (C=O) groups excluding carboxylic acids is 1. The van der Waals surface area contributed by atoms with Crippen LogP contribution in [0.4, 0.5) is 5.69 Å². The lowest BCUT2D eigenvalue weighted by Gasteiger charge is -2.13. The first kappa shape index (κ1) is 19.1. The van der Waals surface area contributed by atoms with Gasteiger partial charge in [-0.05, 0) is 48.7 Å². The predicted octanol–water partition coefficient (Wildman–Crippen LogP) is 5.28. The van der Waals surface area contributed by atoms with Crippen LogP contribution >= 0.6 is 11.8 Å². The second-order valence-electron chi connectivity index (χ2n) is 6.36. The summed E-state index contributed by atoms with van der Waals surface area (Å²) in [6, 6.07) is 17.2. The monoisotopic (exact) mass is 378 g/mol. The number of benzene rings is 2. The molecular formula is C22H22N2O2S. The molecule has 4 nitrogen and oxygen atoms in total. The van der Waals surface area contributed by atoms with Gasteiger partial charge in [0.05, 0.1) is 5.69 Å². The number of amides is 1. The van der Waals surface area contributed by atoms with Crippen LogP contribution in [0.5, 0.6) is 5.75 Å². The highest BCUT2D eigenvalue weighted by Crippen LogP contribution is 2.37. The number of nitrogens with one attached hydrogen (secondary N) is 1. The van der Waals surface area contributed by atoms with Crippen LogP contribution in [-0.4, -0.2) is 17.8 Å². The molecule has 1 aliphatic carbocycles. The zero-order valence-electron chi connectivity index (χ0n) is 15.1. The molecule has 0 aliphatic heterocycles. The summed E-state index contributed by atoms with van der Waals surface area (Å²) in [6.07, 6.45) is 8.39. The number of anilines is 1. The summed E-state index contributed by atoms with van der Waals surface area (Å²) in [7, 11) is 0. The number of hydrogen-bond donors (Lipinski definition) is 1. The third-order valence-corrected chi connectivity index (χ3v) is 5.77. The van der Waals surface area contributed by atoms with Crippen molar-refractivity contribution in [1.29, 1.82) is 5.26 Å². The van der Waals surface area contributed by atoms with Gasteiger partial charge in [-0.15, -0.1) is 11.8 Å². The van der Waals surface area contributed by atoms with E-state index in [-0.39, 0.29) is 12.5 Å². The number of thioether (sulfide) groups is 1. The average molecular weight is 378 g/mol. The molecule has 0 saturated heterocycles. The van der Waals surface area contributed by atoms with Crippen molar-refractivity contribution in [2.45, 2.75) is 35.8 Å². The van der Waals surface area contributed by atoms with Crippen LogP contribution in [0, 0.1) is 11.3 Å². The zero-order valence-corrected chi connectivity index (χ0v) is 15.9. The van der Waals surface area contributed by atoms with Crippen LogP contribution in [-0.2, 0) is 4.79 Å². The Morgan fingerprint density at radius 1 is 1.19 bits per heavy atom. The van der Waals surface area contributed by atoms with Crippen molar-refractivity contribution in [3.63, 3.8) is 0 Å². The standard InChI is InChI=1S/C22H22N2O2S/c23-15-16-26-18-12-9-17(10-13-18)11-14-22(25)24-20-7-3-4-8-21(20)27-19-5-1-2-6-19/h3-4,7-14,19H,1-2,5-6,16H2,(H,24,25)/b14-11+. The van der Waals surface area contributed by atoms with Gasteiger partial charge in [-0.25, -0.2) is 0 Å². The fourth-order valence-corrected chi connectivity index (χ4v) is 4.33. The summed E-state index contributed by atoms with van der Waals surface area (Å²) in [4.78, 5) is 13.4. The maximum Gasteiger partial charge on any atom is 0.248 e. The van der Waals surface area contributed by atoms with Crippen molar-refractivity contribution in [2.24, 2.45) is 0 Å². The normalized spacial score (nSPS) is 14.2. The van der Waals surface area contributed by atoms with E-state index in [9.17, 15) is 4.79 Å². The van der Waals surface area contributed by atoms with Crippen LogP contribution in [0.2, 0.25) is 0 Å². The van der Waals surface area contributed by atoms with E-state index in [0.29, 0.717) is 11.0 Å². The number of rotatable bonds is 7. The Kier molecular flexibility index (Phi) is 6.95. The molecule has 1 saturated carbocycles. The summed E-state index contributed by atoms with van der Waals surface area (Å²) in [6.45, 7) is 0.0237. The molecule has 2 aromatic rings. The average Bonchev–Trinajstić information content (AvgIpc) is 3.20. The number of carbonyl (C=O) groups is 1. The van der Waals surface area contributed by atoms with Crippen LogP contribution in [0.15, 0.2) is 59.5 Å². The lowest BCUT2D eigenvalue weighted by Crippen LogP contribution is -2.09. The first-order valence-electron chi connectivity index (χ1n) is 9.09. The highest BCUT2D eigenvalue weighted by Gasteiger charge is 2.17. The Morgan fingerprint density at radius 2 is 1.93 bits per heavy atom. The predicted molar refractivity (Wildman–Crippen MR) is 110 cm³/mol. The third-order valence-electron chi connectivity index (χ3n) is 4.35. The van der Waals surface area contributed by atoms with Gasteiger partial charge in [0.15, 0.2) is 6.61 Å². The minimum absolute atomic E-state index is 0.0237. The van der Waals surface area contributed by atoms with Crippen LogP contribution < -0.4 is 10.1 Å². The molecule has 0 spiro atoms. The quantitative estimate of drug-likeness (QED) is 0.666. The number of nitriles is 1. The largest absolute Gasteiger partial charge is 0.479 e. The van der Waals surface area contributed by atoms with Crippen molar-refractivity contribution >= 4 is 29.4 Å². The Hall–Kier alpha value is -2.71. The molecule has 138 valence electrons. The van der Waals surface area contributed by atoms with E-state index in [4.69, 9.17) is 10.00 Å². The van der Waals surface area contributed by atoms with Gasteiger partial charge in [-0.1, -0.05) is 37.1 Å². The van der Waals surface area contributed by atoms with Gasteiger partial charge in [0, 0.05) is 16.2 Å². The van der Waals surface area contributed by atoms with Crippen molar-refractivity contribution in [3.05, 3.63) is 60.2 Å². The highest BCUT2D eigenvalue weighted by molar-refractivity contribution is 8.00. The van der Waals surface area contributed by atoms with Gasteiger partial charge < -0.3 is 10.1 Å². The van der Waals surface area contributed by atoms with E-state index in [1.807, 2.05) is 48.2 Å². The van der Waals surface area contributed by atoms with Gasteiger partial charge in [0.25, 0.3) is 0 Å². The molecule has 0 heterocycles. The van der Waals surface area contributed by atoms with Crippen LogP contribution in [0.25, 0.3) is 6.08 Å².